The van der Waals surface area contributed by atoms with Gasteiger partial charge in [0.15, 0.2) is 0 Å². The summed E-state index contributed by atoms with van der Waals surface area (Å²) in [6.07, 6.45) is 0. The van der Waals surface area contributed by atoms with Crippen LogP contribution in [0.3, 0.4) is 0 Å². The van der Waals surface area contributed by atoms with Crippen LogP contribution >= 0.6 is 23.2 Å². The standard InChI is InChI=1S/C15H8Cl2FNO2/c16-9-5-8(13(18)12(17)6-9)7-19-14(20)10-3-1-2-4-11(10)15(19)21/h1-6H,7H2. The quantitative estimate of drug-likeness (QED) is 0.620. The Morgan fingerprint density at radius 2 is 1.57 bits per heavy atom. The molecule has 0 radical (unpaired) electrons. The van der Waals surface area contributed by atoms with Crippen molar-refractivity contribution in [2.24, 2.45) is 0 Å². The Labute approximate surface area is 129 Å². The SMILES string of the molecule is O=C1c2ccccc2C(=O)N1Cc1cc(Cl)cc(Cl)c1F. The van der Waals surface area contributed by atoms with Crippen LogP contribution in [-0.4, -0.2) is 16.7 Å². The zero-order chi connectivity index (χ0) is 15.1. The van der Waals surface area contributed by atoms with E-state index in [1.807, 2.05) is 0 Å². The van der Waals surface area contributed by atoms with Crippen molar-refractivity contribution in [1.29, 1.82) is 0 Å². The fourth-order valence-corrected chi connectivity index (χ4v) is 2.81. The largest absolute Gasteiger partial charge is 0.270 e. The minimum atomic E-state index is -0.683. The van der Waals surface area contributed by atoms with Crippen molar-refractivity contribution < 1.29 is 14.0 Å². The molecule has 3 rings (SSSR count). The number of amides is 2. The van der Waals surface area contributed by atoms with Gasteiger partial charge in [0, 0.05) is 10.6 Å². The van der Waals surface area contributed by atoms with Crippen molar-refractivity contribution >= 4 is 35.0 Å². The molecule has 0 aromatic heterocycles. The summed E-state index contributed by atoms with van der Waals surface area (Å²) in [6.45, 7) is -0.210. The predicted octanol–water partition coefficient (Wildman–Crippen LogP) is 3.93. The zero-order valence-corrected chi connectivity index (χ0v) is 12.1. The van der Waals surface area contributed by atoms with Gasteiger partial charge >= 0.3 is 0 Å². The van der Waals surface area contributed by atoms with E-state index in [0.717, 1.165) is 4.90 Å². The number of imide groups is 1. The lowest BCUT2D eigenvalue weighted by atomic mass is 10.1. The van der Waals surface area contributed by atoms with E-state index in [1.165, 1.54) is 12.1 Å². The molecule has 1 aliphatic rings. The van der Waals surface area contributed by atoms with Gasteiger partial charge in [0.25, 0.3) is 11.8 Å². The molecule has 2 aromatic rings. The predicted molar refractivity (Wildman–Crippen MR) is 77.1 cm³/mol. The molecule has 1 heterocycles. The van der Waals surface area contributed by atoms with Crippen molar-refractivity contribution in [3.8, 4) is 0 Å². The Hall–Kier alpha value is -1.91. The highest BCUT2D eigenvalue weighted by Gasteiger charge is 2.35. The normalized spacial score (nSPS) is 13.8. The molecule has 0 saturated heterocycles. The summed E-state index contributed by atoms with van der Waals surface area (Å²) >= 11 is 11.5. The first-order valence-electron chi connectivity index (χ1n) is 6.07. The molecule has 0 bridgehead atoms. The lowest BCUT2D eigenvalue weighted by molar-refractivity contribution is 0.0641. The van der Waals surface area contributed by atoms with Crippen molar-refractivity contribution in [1.82, 2.24) is 4.90 Å². The van der Waals surface area contributed by atoms with Gasteiger partial charge in [-0.2, -0.15) is 0 Å². The van der Waals surface area contributed by atoms with Gasteiger partial charge in [0.1, 0.15) is 5.82 Å². The number of nitrogens with zero attached hydrogens (tertiary/aromatic N) is 1. The Bertz CT molecular complexity index is 741. The molecule has 2 amide bonds. The summed E-state index contributed by atoms with van der Waals surface area (Å²) in [6, 6.07) is 9.10. The topological polar surface area (TPSA) is 37.4 Å². The first-order chi connectivity index (χ1) is 9.99. The average molecular weight is 324 g/mol. The number of benzene rings is 2. The van der Waals surface area contributed by atoms with Crippen LogP contribution in [0.5, 0.6) is 0 Å². The summed E-state index contributed by atoms with van der Waals surface area (Å²) in [5.41, 5.74) is 0.731. The third-order valence-electron chi connectivity index (χ3n) is 3.27. The molecular weight excluding hydrogens is 316 g/mol. The Morgan fingerprint density at radius 3 is 2.14 bits per heavy atom. The molecule has 2 aromatic carbocycles. The number of fused-ring (bicyclic) bond motifs is 1. The van der Waals surface area contributed by atoms with Gasteiger partial charge in [-0.05, 0) is 24.3 Å². The zero-order valence-electron chi connectivity index (χ0n) is 10.6. The minimum Gasteiger partial charge on any atom is -0.270 e. The summed E-state index contributed by atoms with van der Waals surface area (Å²) < 4.78 is 14.0. The second-order valence-corrected chi connectivity index (χ2v) is 5.45. The van der Waals surface area contributed by atoms with Crippen molar-refractivity contribution in [2.75, 3.05) is 0 Å². The van der Waals surface area contributed by atoms with Crippen molar-refractivity contribution in [3.63, 3.8) is 0 Å². The fraction of sp³-hybridized carbons (Fsp3) is 0.0667. The molecule has 1 aliphatic heterocycles. The number of halogens is 3. The first-order valence-corrected chi connectivity index (χ1v) is 6.83. The van der Waals surface area contributed by atoms with E-state index in [2.05, 4.69) is 0 Å². The summed E-state index contributed by atoms with van der Waals surface area (Å²) in [7, 11) is 0. The van der Waals surface area contributed by atoms with E-state index < -0.39 is 17.6 Å². The van der Waals surface area contributed by atoms with Crippen LogP contribution in [-0.2, 0) is 6.54 Å². The number of carbonyl (C=O) groups excluding carboxylic acids is 2. The molecule has 0 spiro atoms. The average Bonchev–Trinajstić information content (AvgIpc) is 2.70. The van der Waals surface area contributed by atoms with Crippen molar-refractivity contribution in [3.05, 3.63) is 69.0 Å². The van der Waals surface area contributed by atoms with Gasteiger partial charge in [-0.1, -0.05) is 35.3 Å². The maximum atomic E-state index is 14.0. The molecule has 106 valence electrons. The van der Waals surface area contributed by atoms with E-state index in [1.54, 1.807) is 24.3 Å². The van der Waals surface area contributed by atoms with Gasteiger partial charge in [0.05, 0.1) is 22.7 Å². The van der Waals surface area contributed by atoms with E-state index in [4.69, 9.17) is 23.2 Å². The van der Waals surface area contributed by atoms with Crippen LogP contribution in [0.2, 0.25) is 10.0 Å². The fourth-order valence-electron chi connectivity index (χ4n) is 2.28. The lowest BCUT2D eigenvalue weighted by Crippen LogP contribution is -2.29. The minimum absolute atomic E-state index is 0.0991. The van der Waals surface area contributed by atoms with Crippen LogP contribution in [0.15, 0.2) is 36.4 Å². The van der Waals surface area contributed by atoms with E-state index in [9.17, 15) is 14.0 Å². The number of rotatable bonds is 2. The number of hydrogen-bond donors (Lipinski definition) is 0. The monoisotopic (exact) mass is 323 g/mol. The van der Waals surface area contributed by atoms with Crippen LogP contribution in [0.25, 0.3) is 0 Å². The Kier molecular flexibility index (Phi) is 3.43. The molecule has 0 N–H and O–H groups in total. The third-order valence-corrected chi connectivity index (χ3v) is 3.77. The summed E-state index contributed by atoms with van der Waals surface area (Å²) in [5.74, 6) is -1.59. The van der Waals surface area contributed by atoms with E-state index in [0.29, 0.717) is 11.1 Å². The lowest BCUT2D eigenvalue weighted by Gasteiger charge is -2.15. The number of carbonyl (C=O) groups is 2. The van der Waals surface area contributed by atoms with Gasteiger partial charge < -0.3 is 0 Å². The first kappa shape index (κ1) is 14.0. The van der Waals surface area contributed by atoms with Crippen molar-refractivity contribution in [2.45, 2.75) is 6.54 Å². The molecule has 0 saturated carbocycles. The highest BCUT2D eigenvalue weighted by Crippen LogP contribution is 2.28. The molecular formula is C15H8Cl2FNO2. The maximum absolute atomic E-state index is 14.0. The Balaban J connectivity index is 1.98. The molecule has 0 atom stereocenters. The van der Waals surface area contributed by atoms with Gasteiger partial charge in [-0.15, -0.1) is 0 Å². The van der Waals surface area contributed by atoms with Gasteiger partial charge in [-0.25, -0.2) is 4.39 Å². The summed E-state index contributed by atoms with van der Waals surface area (Å²) in [4.78, 5) is 25.4. The molecule has 0 unspecified atom stereocenters. The number of hydrogen-bond acceptors (Lipinski definition) is 2. The molecule has 0 fully saturated rings. The highest BCUT2D eigenvalue weighted by molar-refractivity contribution is 6.34. The highest BCUT2D eigenvalue weighted by atomic mass is 35.5. The van der Waals surface area contributed by atoms with Crippen LogP contribution in [0.4, 0.5) is 4.39 Å². The van der Waals surface area contributed by atoms with E-state index in [-0.39, 0.29) is 22.2 Å². The molecule has 3 nitrogen and oxygen atoms in total. The van der Waals surface area contributed by atoms with Gasteiger partial charge in [0.2, 0.25) is 0 Å². The second kappa shape index (κ2) is 5.13. The molecule has 21 heavy (non-hydrogen) atoms. The second-order valence-electron chi connectivity index (χ2n) is 4.60. The van der Waals surface area contributed by atoms with Crippen LogP contribution < -0.4 is 0 Å². The smallest absolute Gasteiger partial charge is 0.261 e. The van der Waals surface area contributed by atoms with E-state index >= 15 is 0 Å². The van der Waals surface area contributed by atoms with Crippen LogP contribution in [0, 0.1) is 5.82 Å². The summed E-state index contributed by atoms with van der Waals surface area (Å²) in [5, 5.41) is 0.0992. The third kappa shape index (κ3) is 2.30. The van der Waals surface area contributed by atoms with Crippen LogP contribution in [0.1, 0.15) is 26.3 Å². The molecule has 6 heteroatoms. The maximum Gasteiger partial charge on any atom is 0.261 e. The van der Waals surface area contributed by atoms with Gasteiger partial charge in [-0.3, -0.25) is 14.5 Å². The Morgan fingerprint density at radius 1 is 1.00 bits per heavy atom. The molecule has 0 aliphatic carbocycles.